The van der Waals surface area contributed by atoms with E-state index < -0.39 is 5.54 Å². The molecule has 2 rings (SSSR count). The van der Waals surface area contributed by atoms with Gasteiger partial charge in [-0.15, -0.1) is 6.58 Å². The van der Waals surface area contributed by atoms with Crippen LogP contribution in [-0.4, -0.2) is 28.9 Å². The first-order valence-electron chi connectivity index (χ1n) is 5.38. The summed E-state index contributed by atoms with van der Waals surface area (Å²) in [6.07, 6.45) is 6.86. The van der Waals surface area contributed by atoms with E-state index in [-0.39, 0.29) is 5.91 Å². The Morgan fingerprint density at radius 1 is 1.57 bits per heavy atom. The van der Waals surface area contributed by atoms with Crippen molar-refractivity contribution in [2.45, 2.75) is 43.7 Å². The minimum absolute atomic E-state index is 0.145. The Morgan fingerprint density at radius 3 is 2.57 bits per heavy atom. The minimum atomic E-state index is -0.536. The zero-order valence-electron chi connectivity index (χ0n) is 8.54. The Kier molecular flexibility index (Phi) is 2.35. The van der Waals surface area contributed by atoms with Crippen molar-refractivity contribution in [1.82, 2.24) is 4.90 Å². The lowest BCUT2D eigenvalue weighted by molar-refractivity contribution is -0.140. The van der Waals surface area contributed by atoms with Crippen molar-refractivity contribution in [1.29, 1.82) is 0 Å². The Labute approximate surface area is 84.9 Å². The van der Waals surface area contributed by atoms with Gasteiger partial charge in [0.25, 0.3) is 0 Å². The Balaban J connectivity index is 2.02. The molecule has 1 amide bonds. The van der Waals surface area contributed by atoms with Gasteiger partial charge in [-0.1, -0.05) is 6.08 Å². The monoisotopic (exact) mass is 194 g/mol. The van der Waals surface area contributed by atoms with E-state index in [1.165, 1.54) is 0 Å². The van der Waals surface area contributed by atoms with Gasteiger partial charge in [0.05, 0.1) is 5.54 Å². The summed E-state index contributed by atoms with van der Waals surface area (Å²) in [6.45, 7) is 4.34. The standard InChI is InChI=1S/C11H18N2O/c1-2-8-13(9-4-5-9)10(14)11(12)6-3-7-11/h2,9H,1,3-8,12H2. The summed E-state index contributed by atoms with van der Waals surface area (Å²) >= 11 is 0. The average Bonchev–Trinajstić information content (AvgIpc) is 2.92. The Morgan fingerprint density at radius 2 is 2.21 bits per heavy atom. The van der Waals surface area contributed by atoms with E-state index in [0.717, 1.165) is 32.1 Å². The van der Waals surface area contributed by atoms with Gasteiger partial charge in [0.15, 0.2) is 0 Å². The summed E-state index contributed by atoms with van der Waals surface area (Å²) in [5, 5.41) is 0. The minimum Gasteiger partial charge on any atom is -0.334 e. The SMILES string of the molecule is C=CCN(C(=O)C1(N)CCC1)C1CC1. The first kappa shape index (κ1) is 9.71. The number of nitrogens with zero attached hydrogens (tertiary/aromatic N) is 1. The number of carbonyl (C=O) groups excluding carboxylic acids is 1. The molecule has 78 valence electrons. The molecule has 0 spiro atoms. The van der Waals surface area contributed by atoms with Gasteiger partial charge in [0.1, 0.15) is 0 Å². The summed E-state index contributed by atoms with van der Waals surface area (Å²) in [5.41, 5.74) is 5.48. The predicted molar refractivity (Wildman–Crippen MR) is 55.7 cm³/mol. The van der Waals surface area contributed by atoms with Crippen LogP contribution in [-0.2, 0) is 4.79 Å². The van der Waals surface area contributed by atoms with E-state index in [9.17, 15) is 4.79 Å². The second-order valence-electron chi connectivity index (χ2n) is 4.49. The molecule has 0 heterocycles. The number of carbonyl (C=O) groups is 1. The summed E-state index contributed by atoms with van der Waals surface area (Å²) in [5.74, 6) is 0.145. The zero-order valence-corrected chi connectivity index (χ0v) is 8.54. The van der Waals surface area contributed by atoms with Crippen LogP contribution in [0.1, 0.15) is 32.1 Å². The van der Waals surface area contributed by atoms with Crippen molar-refractivity contribution >= 4 is 5.91 Å². The average molecular weight is 194 g/mol. The molecule has 2 fully saturated rings. The second kappa shape index (κ2) is 3.39. The number of amides is 1. The van der Waals surface area contributed by atoms with Gasteiger partial charge < -0.3 is 10.6 Å². The highest BCUT2D eigenvalue weighted by atomic mass is 16.2. The molecule has 2 aliphatic rings. The molecule has 0 aromatic rings. The molecule has 0 bridgehead atoms. The lowest BCUT2D eigenvalue weighted by Crippen LogP contribution is -2.60. The lowest BCUT2D eigenvalue weighted by Gasteiger charge is -2.40. The maximum absolute atomic E-state index is 12.1. The molecule has 0 radical (unpaired) electrons. The van der Waals surface area contributed by atoms with Gasteiger partial charge in [-0.25, -0.2) is 0 Å². The van der Waals surface area contributed by atoms with E-state index in [1.807, 2.05) is 4.90 Å². The largest absolute Gasteiger partial charge is 0.334 e. The topological polar surface area (TPSA) is 46.3 Å². The molecule has 0 aliphatic heterocycles. The number of hydrogen-bond donors (Lipinski definition) is 1. The quantitative estimate of drug-likeness (QED) is 0.680. The fourth-order valence-electron chi connectivity index (χ4n) is 1.98. The van der Waals surface area contributed by atoms with Crippen LogP contribution in [0.5, 0.6) is 0 Å². The third-order valence-electron chi connectivity index (χ3n) is 3.25. The summed E-state index contributed by atoms with van der Waals surface area (Å²) in [6, 6.07) is 0.446. The molecule has 0 aromatic carbocycles. The normalized spacial score (nSPS) is 23.8. The molecular weight excluding hydrogens is 176 g/mol. The first-order valence-corrected chi connectivity index (χ1v) is 5.38. The van der Waals surface area contributed by atoms with Gasteiger partial charge in [0, 0.05) is 12.6 Å². The van der Waals surface area contributed by atoms with Crippen LogP contribution in [0.25, 0.3) is 0 Å². The molecule has 2 aliphatic carbocycles. The molecule has 2 saturated carbocycles. The molecule has 0 saturated heterocycles. The van der Waals surface area contributed by atoms with Crippen LogP contribution in [0.4, 0.5) is 0 Å². The molecule has 14 heavy (non-hydrogen) atoms. The maximum atomic E-state index is 12.1. The fourth-order valence-corrected chi connectivity index (χ4v) is 1.98. The lowest BCUT2D eigenvalue weighted by atomic mass is 9.76. The van der Waals surface area contributed by atoms with Crippen LogP contribution in [0.3, 0.4) is 0 Å². The third kappa shape index (κ3) is 1.57. The van der Waals surface area contributed by atoms with Crippen LogP contribution >= 0.6 is 0 Å². The van der Waals surface area contributed by atoms with Crippen molar-refractivity contribution in [3.05, 3.63) is 12.7 Å². The fraction of sp³-hybridized carbons (Fsp3) is 0.727. The van der Waals surface area contributed by atoms with Gasteiger partial charge >= 0.3 is 0 Å². The highest BCUT2D eigenvalue weighted by Gasteiger charge is 2.45. The van der Waals surface area contributed by atoms with Crippen molar-refractivity contribution in [3.63, 3.8) is 0 Å². The Hall–Kier alpha value is -0.830. The molecule has 2 N–H and O–H groups in total. The van der Waals surface area contributed by atoms with Gasteiger partial charge in [-0.2, -0.15) is 0 Å². The number of rotatable bonds is 4. The van der Waals surface area contributed by atoms with E-state index in [4.69, 9.17) is 5.73 Å². The molecular formula is C11H18N2O. The van der Waals surface area contributed by atoms with E-state index >= 15 is 0 Å². The maximum Gasteiger partial charge on any atom is 0.243 e. The van der Waals surface area contributed by atoms with Crippen LogP contribution in [0.2, 0.25) is 0 Å². The van der Waals surface area contributed by atoms with Gasteiger partial charge in [0.2, 0.25) is 5.91 Å². The summed E-state index contributed by atoms with van der Waals surface area (Å²) < 4.78 is 0. The van der Waals surface area contributed by atoms with Crippen molar-refractivity contribution in [2.24, 2.45) is 5.73 Å². The summed E-state index contributed by atoms with van der Waals surface area (Å²) in [7, 11) is 0. The van der Waals surface area contributed by atoms with E-state index in [1.54, 1.807) is 6.08 Å². The molecule has 0 unspecified atom stereocenters. The second-order valence-corrected chi connectivity index (χ2v) is 4.49. The zero-order chi connectivity index (χ0) is 10.2. The van der Waals surface area contributed by atoms with Crippen LogP contribution in [0.15, 0.2) is 12.7 Å². The first-order chi connectivity index (χ1) is 6.67. The van der Waals surface area contributed by atoms with E-state index in [0.29, 0.717) is 12.6 Å². The molecule has 3 heteroatoms. The van der Waals surface area contributed by atoms with Crippen LogP contribution in [0, 0.1) is 0 Å². The molecule has 3 nitrogen and oxygen atoms in total. The smallest absolute Gasteiger partial charge is 0.243 e. The van der Waals surface area contributed by atoms with Gasteiger partial charge in [-0.05, 0) is 32.1 Å². The molecule has 0 atom stereocenters. The number of nitrogens with two attached hydrogens (primary N) is 1. The Bertz CT molecular complexity index is 254. The highest BCUT2D eigenvalue weighted by molar-refractivity contribution is 5.87. The predicted octanol–water partition coefficient (Wildman–Crippen LogP) is 1.04. The number of hydrogen-bond acceptors (Lipinski definition) is 2. The third-order valence-corrected chi connectivity index (χ3v) is 3.25. The van der Waals surface area contributed by atoms with Crippen molar-refractivity contribution < 1.29 is 4.79 Å². The van der Waals surface area contributed by atoms with Gasteiger partial charge in [-0.3, -0.25) is 4.79 Å². The molecule has 0 aromatic heterocycles. The van der Waals surface area contributed by atoms with Crippen molar-refractivity contribution in [3.8, 4) is 0 Å². The van der Waals surface area contributed by atoms with E-state index in [2.05, 4.69) is 6.58 Å². The summed E-state index contributed by atoms with van der Waals surface area (Å²) in [4.78, 5) is 14.0. The van der Waals surface area contributed by atoms with Crippen LogP contribution < -0.4 is 5.73 Å². The highest BCUT2D eigenvalue weighted by Crippen LogP contribution is 2.35. The van der Waals surface area contributed by atoms with Crippen molar-refractivity contribution in [2.75, 3.05) is 6.54 Å².